The summed E-state index contributed by atoms with van der Waals surface area (Å²) in [6.45, 7) is 0.583. The molecule has 1 heterocycles. The van der Waals surface area contributed by atoms with Gasteiger partial charge < -0.3 is 10.0 Å². The SMILES string of the molecule is CN(Cc1nc2c(s1)CCCC2)C(=O)C1CCCC1O. The standard InChI is InChI=1S/C15H22N2O2S/c1-17(15(19)10-5-4-7-12(10)18)9-14-16-11-6-2-3-8-13(11)20-14/h10,12,18H,2-9H2,1H3. The van der Waals surface area contributed by atoms with E-state index in [1.807, 2.05) is 7.05 Å². The lowest BCUT2D eigenvalue weighted by molar-refractivity contribution is -0.137. The Balaban J connectivity index is 1.64. The molecule has 20 heavy (non-hydrogen) atoms. The van der Waals surface area contributed by atoms with E-state index in [4.69, 9.17) is 0 Å². The third kappa shape index (κ3) is 2.74. The second-order valence-corrected chi connectivity index (χ2v) is 7.15. The predicted octanol–water partition coefficient (Wildman–Crippen LogP) is 2.14. The Hall–Kier alpha value is -0.940. The zero-order valence-corrected chi connectivity index (χ0v) is 12.8. The number of aromatic nitrogens is 1. The molecule has 0 radical (unpaired) electrons. The van der Waals surface area contributed by atoms with E-state index in [9.17, 15) is 9.90 Å². The molecule has 0 aliphatic heterocycles. The largest absolute Gasteiger partial charge is 0.392 e. The van der Waals surface area contributed by atoms with Crippen molar-refractivity contribution in [2.75, 3.05) is 7.05 Å². The summed E-state index contributed by atoms with van der Waals surface area (Å²) in [5.74, 6) is -0.127. The van der Waals surface area contributed by atoms with Crippen molar-refractivity contribution >= 4 is 17.2 Å². The number of aliphatic hydroxyl groups is 1. The van der Waals surface area contributed by atoms with Crippen molar-refractivity contribution in [1.82, 2.24) is 9.88 Å². The number of nitrogens with zero attached hydrogens (tertiary/aromatic N) is 2. The lowest BCUT2D eigenvalue weighted by Gasteiger charge is -2.22. The summed E-state index contributed by atoms with van der Waals surface area (Å²) in [7, 11) is 1.83. The van der Waals surface area contributed by atoms with E-state index in [1.54, 1.807) is 16.2 Å². The summed E-state index contributed by atoms with van der Waals surface area (Å²) in [6, 6.07) is 0. The molecule has 1 amide bonds. The molecule has 5 heteroatoms. The topological polar surface area (TPSA) is 53.4 Å². The van der Waals surface area contributed by atoms with E-state index >= 15 is 0 Å². The van der Waals surface area contributed by atoms with Crippen LogP contribution in [0.5, 0.6) is 0 Å². The third-order valence-corrected chi connectivity index (χ3v) is 5.58. The summed E-state index contributed by atoms with van der Waals surface area (Å²) >= 11 is 1.76. The molecule has 1 saturated carbocycles. The lowest BCUT2D eigenvalue weighted by atomic mass is 10.0. The highest BCUT2D eigenvalue weighted by Gasteiger charge is 2.33. The van der Waals surface area contributed by atoms with E-state index in [0.29, 0.717) is 6.54 Å². The molecule has 3 rings (SSSR count). The van der Waals surface area contributed by atoms with Crippen molar-refractivity contribution in [3.63, 3.8) is 0 Å². The van der Waals surface area contributed by atoms with E-state index in [2.05, 4.69) is 4.98 Å². The van der Waals surface area contributed by atoms with E-state index in [-0.39, 0.29) is 11.8 Å². The van der Waals surface area contributed by atoms with Gasteiger partial charge in [-0.25, -0.2) is 4.98 Å². The monoisotopic (exact) mass is 294 g/mol. The van der Waals surface area contributed by atoms with Crippen molar-refractivity contribution in [2.45, 2.75) is 57.6 Å². The summed E-state index contributed by atoms with van der Waals surface area (Å²) in [6.07, 6.45) is 6.81. The van der Waals surface area contributed by atoms with Gasteiger partial charge in [0.2, 0.25) is 5.91 Å². The number of carbonyl (C=O) groups excluding carboxylic acids is 1. The van der Waals surface area contributed by atoms with Crippen molar-refractivity contribution in [2.24, 2.45) is 5.92 Å². The van der Waals surface area contributed by atoms with Gasteiger partial charge in [-0.05, 0) is 44.9 Å². The number of fused-ring (bicyclic) bond motifs is 1. The molecular formula is C15H22N2O2S. The molecular weight excluding hydrogens is 272 g/mol. The smallest absolute Gasteiger partial charge is 0.228 e. The van der Waals surface area contributed by atoms with Crippen LogP contribution in [0.15, 0.2) is 0 Å². The van der Waals surface area contributed by atoms with Crippen LogP contribution in [-0.2, 0) is 24.2 Å². The maximum atomic E-state index is 12.3. The number of rotatable bonds is 3. The predicted molar refractivity (Wildman–Crippen MR) is 78.6 cm³/mol. The number of hydrogen-bond donors (Lipinski definition) is 1. The van der Waals surface area contributed by atoms with Crippen LogP contribution in [0, 0.1) is 5.92 Å². The maximum absolute atomic E-state index is 12.3. The summed E-state index contributed by atoms with van der Waals surface area (Å²) < 4.78 is 0. The summed E-state index contributed by atoms with van der Waals surface area (Å²) in [4.78, 5) is 20.2. The maximum Gasteiger partial charge on any atom is 0.228 e. The molecule has 2 atom stereocenters. The van der Waals surface area contributed by atoms with E-state index in [1.165, 1.54) is 23.4 Å². The van der Waals surface area contributed by atoms with Crippen molar-refractivity contribution < 1.29 is 9.90 Å². The Bertz CT molecular complexity index is 477. The number of hydrogen-bond acceptors (Lipinski definition) is 4. The molecule has 1 aromatic heterocycles. The normalized spacial score (nSPS) is 25.5. The molecule has 1 aromatic rings. The number of thiazole rings is 1. The van der Waals surface area contributed by atoms with Crippen LogP contribution in [0.4, 0.5) is 0 Å². The minimum Gasteiger partial charge on any atom is -0.392 e. The van der Waals surface area contributed by atoms with E-state index < -0.39 is 6.10 Å². The van der Waals surface area contributed by atoms with Crippen LogP contribution in [0.1, 0.15) is 47.7 Å². The van der Waals surface area contributed by atoms with Gasteiger partial charge in [0.15, 0.2) is 0 Å². The molecule has 2 unspecified atom stereocenters. The molecule has 1 fully saturated rings. The van der Waals surface area contributed by atoms with Crippen molar-refractivity contribution in [3.05, 3.63) is 15.6 Å². The first-order valence-electron chi connectivity index (χ1n) is 7.55. The van der Waals surface area contributed by atoms with Gasteiger partial charge in [0.25, 0.3) is 0 Å². The molecule has 0 saturated heterocycles. The Labute approximate surface area is 123 Å². The highest BCUT2D eigenvalue weighted by Crippen LogP contribution is 2.29. The van der Waals surface area contributed by atoms with Crippen LogP contribution < -0.4 is 0 Å². The number of aliphatic hydroxyl groups excluding tert-OH is 1. The van der Waals surface area contributed by atoms with Crippen LogP contribution in [-0.4, -0.2) is 34.0 Å². The Morgan fingerprint density at radius 1 is 1.35 bits per heavy atom. The lowest BCUT2D eigenvalue weighted by Crippen LogP contribution is -2.36. The Morgan fingerprint density at radius 2 is 2.15 bits per heavy atom. The average Bonchev–Trinajstić information content (AvgIpc) is 3.03. The molecule has 2 aliphatic rings. The van der Waals surface area contributed by atoms with Gasteiger partial charge in [0.05, 0.1) is 24.3 Å². The van der Waals surface area contributed by atoms with Crippen molar-refractivity contribution in [3.8, 4) is 0 Å². The number of aryl methyl sites for hydroxylation is 2. The highest BCUT2D eigenvalue weighted by molar-refractivity contribution is 7.11. The highest BCUT2D eigenvalue weighted by atomic mass is 32.1. The average molecular weight is 294 g/mol. The number of amides is 1. The molecule has 110 valence electrons. The van der Waals surface area contributed by atoms with Gasteiger partial charge in [-0.2, -0.15) is 0 Å². The fraction of sp³-hybridized carbons (Fsp3) is 0.733. The summed E-state index contributed by atoms with van der Waals surface area (Å²) in [5, 5.41) is 10.9. The van der Waals surface area contributed by atoms with Gasteiger partial charge >= 0.3 is 0 Å². The van der Waals surface area contributed by atoms with Gasteiger partial charge in [-0.15, -0.1) is 11.3 Å². The molecule has 2 aliphatic carbocycles. The first-order chi connectivity index (χ1) is 9.65. The quantitative estimate of drug-likeness (QED) is 0.929. The fourth-order valence-corrected chi connectivity index (χ4v) is 4.48. The minimum absolute atomic E-state index is 0.0724. The van der Waals surface area contributed by atoms with Crippen LogP contribution in [0.25, 0.3) is 0 Å². The first kappa shape index (κ1) is 14.0. The molecule has 1 N–H and O–H groups in total. The number of carbonyl (C=O) groups is 1. The molecule has 0 bridgehead atoms. The van der Waals surface area contributed by atoms with Crippen molar-refractivity contribution in [1.29, 1.82) is 0 Å². The Morgan fingerprint density at radius 3 is 2.85 bits per heavy atom. The fourth-order valence-electron chi connectivity index (χ4n) is 3.27. The molecule has 4 nitrogen and oxygen atoms in total. The summed E-state index contributed by atoms with van der Waals surface area (Å²) in [5.41, 5.74) is 1.25. The van der Waals surface area contributed by atoms with Gasteiger partial charge in [-0.1, -0.05) is 0 Å². The second kappa shape index (κ2) is 5.82. The third-order valence-electron chi connectivity index (χ3n) is 4.44. The van der Waals surface area contributed by atoms with Gasteiger partial charge in [-0.3, -0.25) is 4.79 Å². The Kier molecular flexibility index (Phi) is 4.08. The van der Waals surface area contributed by atoms with Gasteiger partial charge in [0.1, 0.15) is 5.01 Å². The first-order valence-corrected chi connectivity index (χ1v) is 8.37. The van der Waals surface area contributed by atoms with E-state index in [0.717, 1.165) is 37.1 Å². The van der Waals surface area contributed by atoms with Crippen LogP contribution in [0.2, 0.25) is 0 Å². The second-order valence-electron chi connectivity index (χ2n) is 5.98. The van der Waals surface area contributed by atoms with Gasteiger partial charge in [0, 0.05) is 11.9 Å². The zero-order valence-electron chi connectivity index (χ0n) is 12.0. The van der Waals surface area contributed by atoms with Crippen LogP contribution in [0.3, 0.4) is 0 Å². The molecule has 0 aromatic carbocycles. The molecule has 0 spiro atoms. The minimum atomic E-state index is -0.450. The van der Waals surface area contributed by atoms with Crippen LogP contribution >= 0.6 is 11.3 Å². The zero-order chi connectivity index (χ0) is 14.1.